The molecule has 1 rings (SSSR count). The van der Waals surface area contributed by atoms with Crippen LogP contribution < -0.4 is 0 Å². The molecule has 1 unspecified atom stereocenters. The van der Waals surface area contributed by atoms with Crippen molar-refractivity contribution >= 4 is 23.5 Å². The van der Waals surface area contributed by atoms with Gasteiger partial charge in [0.05, 0.1) is 13.0 Å². The van der Waals surface area contributed by atoms with E-state index >= 15 is 0 Å². The topological polar surface area (TPSA) is 55.8 Å². The van der Waals surface area contributed by atoms with Gasteiger partial charge in [0.2, 0.25) is 0 Å². The third-order valence-electron chi connectivity index (χ3n) is 3.38. The van der Waals surface area contributed by atoms with Crippen LogP contribution in [0.15, 0.2) is 24.3 Å². The number of carbonyl (C=O) groups is 2. The Kier molecular flexibility index (Phi) is 8.66. The summed E-state index contributed by atoms with van der Waals surface area (Å²) in [5.41, 5.74) is 0.506. The zero-order valence-electron chi connectivity index (χ0n) is 13.9. The van der Waals surface area contributed by atoms with Crippen molar-refractivity contribution in [3.63, 3.8) is 0 Å². The van der Waals surface area contributed by atoms with Gasteiger partial charge in [-0.05, 0) is 31.5 Å². The molecule has 0 radical (unpaired) electrons. The van der Waals surface area contributed by atoms with Crippen molar-refractivity contribution in [3.05, 3.63) is 34.9 Å². The van der Waals surface area contributed by atoms with Crippen molar-refractivity contribution in [3.8, 4) is 0 Å². The molecule has 0 saturated heterocycles. The van der Waals surface area contributed by atoms with Crippen molar-refractivity contribution in [1.29, 1.82) is 0 Å². The molecule has 0 N–H and O–H groups in total. The van der Waals surface area contributed by atoms with E-state index < -0.39 is 5.92 Å². The first kappa shape index (κ1) is 19.5. The number of hydrogen-bond acceptors (Lipinski definition) is 4. The van der Waals surface area contributed by atoms with E-state index in [9.17, 15) is 9.59 Å². The summed E-state index contributed by atoms with van der Waals surface area (Å²) in [7, 11) is 1.34. The zero-order valence-corrected chi connectivity index (χ0v) is 14.6. The molecular weight excluding hydrogens is 318 g/mol. The number of esters is 1. The summed E-state index contributed by atoms with van der Waals surface area (Å²) < 4.78 is 10.0. The first-order chi connectivity index (χ1) is 11.0. The number of rotatable bonds is 9. The lowest BCUT2D eigenvalue weighted by atomic mass is 10.1. The van der Waals surface area contributed by atoms with Crippen LogP contribution in [0.3, 0.4) is 0 Å². The van der Waals surface area contributed by atoms with Gasteiger partial charge in [0.25, 0.3) is 5.91 Å². The second-order valence-corrected chi connectivity index (χ2v) is 5.67. The van der Waals surface area contributed by atoms with Gasteiger partial charge < -0.3 is 14.4 Å². The largest absolute Gasteiger partial charge is 0.469 e. The summed E-state index contributed by atoms with van der Waals surface area (Å²) in [6, 6.07) is 6.79. The molecule has 1 atom stereocenters. The van der Waals surface area contributed by atoms with Crippen LogP contribution in [0.5, 0.6) is 0 Å². The molecule has 6 heteroatoms. The van der Waals surface area contributed by atoms with E-state index in [1.54, 1.807) is 36.1 Å². The average molecular weight is 342 g/mol. The van der Waals surface area contributed by atoms with E-state index in [-0.39, 0.29) is 11.9 Å². The van der Waals surface area contributed by atoms with E-state index in [0.29, 0.717) is 43.3 Å². The normalized spacial score (nSPS) is 11.8. The van der Waals surface area contributed by atoms with Gasteiger partial charge in [-0.1, -0.05) is 24.6 Å². The Labute approximate surface area is 142 Å². The maximum atomic E-state index is 12.7. The Bertz CT molecular complexity index is 521. The molecule has 128 valence electrons. The third kappa shape index (κ3) is 6.59. The van der Waals surface area contributed by atoms with Gasteiger partial charge in [-0.2, -0.15) is 0 Å². The number of amides is 1. The lowest BCUT2D eigenvalue weighted by molar-refractivity contribution is -0.145. The standard InChI is InChI=1S/C17H24ClNO4/c1-4-23-10-6-9-19(12-13(2)17(21)22-3)16(20)14-7-5-8-15(18)11-14/h5,7-8,11,13H,4,6,9-10,12H2,1-3H3. The van der Waals surface area contributed by atoms with Crippen molar-refractivity contribution < 1.29 is 19.1 Å². The molecule has 1 aromatic rings. The lowest BCUT2D eigenvalue weighted by Crippen LogP contribution is -2.38. The minimum Gasteiger partial charge on any atom is -0.469 e. The maximum Gasteiger partial charge on any atom is 0.310 e. The minimum atomic E-state index is -0.393. The predicted octanol–water partition coefficient (Wildman–Crippen LogP) is 3.02. The Balaban J connectivity index is 2.80. The summed E-state index contributed by atoms with van der Waals surface area (Å²) in [5, 5.41) is 0.506. The summed E-state index contributed by atoms with van der Waals surface area (Å²) in [5.74, 6) is -0.881. The van der Waals surface area contributed by atoms with Crippen molar-refractivity contribution in [2.45, 2.75) is 20.3 Å². The highest BCUT2D eigenvalue weighted by atomic mass is 35.5. The average Bonchev–Trinajstić information content (AvgIpc) is 2.56. The second kappa shape index (κ2) is 10.2. The third-order valence-corrected chi connectivity index (χ3v) is 3.61. The SMILES string of the molecule is CCOCCCN(CC(C)C(=O)OC)C(=O)c1cccc(Cl)c1. The van der Waals surface area contributed by atoms with Crippen LogP contribution in [0, 0.1) is 5.92 Å². The fourth-order valence-electron chi connectivity index (χ4n) is 2.19. The predicted molar refractivity (Wildman–Crippen MR) is 89.6 cm³/mol. The number of nitrogens with zero attached hydrogens (tertiary/aromatic N) is 1. The number of ether oxygens (including phenoxy) is 2. The molecule has 0 saturated carbocycles. The molecule has 1 aromatic carbocycles. The summed E-state index contributed by atoms with van der Waals surface area (Å²) in [6.07, 6.45) is 0.702. The molecule has 0 fully saturated rings. The molecule has 0 aliphatic carbocycles. The highest BCUT2D eigenvalue weighted by molar-refractivity contribution is 6.30. The summed E-state index contributed by atoms with van der Waals surface area (Å²) in [4.78, 5) is 26.0. The van der Waals surface area contributed by atoms with Crippen molar-refractivity contribution in [1.82, 2.24) is 4.90 Å². The maximum absolute atomic E-state index is 12.7. The molecule has 0 aliphatic heterocycles. The van der Waals surface area contributed by atoms with Gasteiger partial charge in [0.1, 0.15) is 0 Å². The van der Waals surface area contributed by atoms with Gasteiger partial charge >= 0.3 is 5.97 Å². The fourth-order valence-corrected chi connectivity index (χ4v) is 2.38. The molecule has 1 amide bonds. The minimum absolute atomic E-state index is 0.153. The van der Waals surface area contributed by atoms with Crippen molar-refractivity contribution in [2.75, 3.05) is 33.4 Å². The molecule has 0 bridgehead atoms. The lowest BCUT2D eigenvalue weighted by Gasteiger charge is -2.25. The van der Waals surface area contributed by atoms with Crippen LogP contribution in [0.4, 0.5) is 0 Å². The smallest absolute Gasteiger partial charge is 0.310 e. The van der Waals surface area contributed by atoms with Gasteiger partial charge in [-0.15, -0.1) is 0 Å². The van der Waals surface area contributed by atoms with Gasteiger partial charge in [0, 0.05) is 36.9 Å². The molecular formula is C17H24ClNO4. The quantitative estimate of drug-likeness (QED) is 0.512. The van der Waals surface area contributed by atoms with E-state index in [4.69, 9.17) is 21.1 Å². The van der Waals surface area contributed by atoms with E-state index in [0.717, 1.165) is 0 Å². The molecule has 5 nitrogen and oxygen atoms in total. The Morgan fingerprint density at radius 3 is 2.70 bits per heavy atom. The van der Waals surface area contributed by atoms with Crippen molar-refractivity contribution in [2.24, 2.45) is 5.92 Å². The number of benzene rings is 1. The molecule has 23 heavy (non-hydrogen) atoms. The van der Waals surface area contributed by atoms with Gasteiger partial charge in [-0.25, -0.2) is 0 Å². The van der Waals surface area contributed by atoms with E-state index in [1.165, 1.54) is 7.11 Å². The Morgan fingerprint density at radius 1 is 1.35 bits per heavy atom. The summed E-state index contributed by atoms with van der Waals surface area (Å²) >= 11 is 5.95. The van der Waals surface area contributed by atoms with Crippen LogP contribution >= 0.6 is 11.6 Å². The Morgan fingerprint density at radius 2 is 2.09 bits per heavy atom. The number of halogens is 1. The highest BCUT2D eigenvalue weighted by Crippen LogP contribution is 2.14. The van der Waals surface area contributed by atoms with E-state index in [2.05, 4.69) is 0 Å². The molecule has 0 aromatic heterocycles. The Hall–Kier alpha value is -1.59. The van der Waals surface area contributed by atoms with Crippen LogP contribution in [0.25, 0.3) is 0 Å². The monoisotopic (exact) mass is 341 g/mol. The van der Waals surface area contributed by atoms with E-state index in [1.807, 2.05) is 6.92 Å². The summed E-state index contributed by atoms with van der Waals surface area (Å²) in [6.45, 7) is 5.68. The van der Waals surface area contributed by atoms with Gasteiger partial charge in [0.15, 0.2) is 0 Å². The molecule has 0 aliphatic rings. The number of carbonyl (C=O) groups excluding carboxylic acids is 2. The first-order valence-corrected chi connectivity index (χ1v) is 8.07. The van der Waals surface area contributed by atoms with Crippen LogP contribution in [-0.4, -0.2) is 50.2 Å². The van der Waals surface area contributed by atoms with Crippen LogP contribution in [0.1, 0.15) is 30.6 Å². The van der Waals surface area contributed by atoms with Gasteiger partial charge in [-0.3, -0.25) is 9.59 Å². The molecule has 0 spiro atoms. The first-order valence-electron chi connectivity index (χ1n) is 7.70. The van der Waals surface area contributed by atoms with Crippen LogP contribution in [-0.2, 0) is 14.3 Å². The number of hydrogen-bond donors (Lipinski definition) is 0. The number of methoxy groups -OCH3 is 1. The highest BCUT2D eigenvalue weighted by Gasteiger charge is 2.22. The fraction of sp³-hybridized carbons (Fsp3) is 0.529. The molecule has 0 heterocycles. The van der Waals surface area contributed by atoms with Crippen LogP contribution in [0.2, 0.25) is 5.02 Å². The second-order valence-electron chi connectivity index (χ2n) is 5.24. The zero-order chi connectivity index (χ0) is 17.2.